The fraction of sp³-hybridized carbons (Fsp3) is 0.720. The number of alkyl halides is 6. The van der Waals surface area contributed by atoms with Crippen LogP contribution in [0.3, 0.4) is 0 Å². The first-order valence-corrected chi connectivity index (χ1v) is 12.4. The number of amides is 1. The Bertz CT molecular complexity index is 813. The normalized spacial score (nSPS) is 28.4. The molecule has 2 bridgehead atoms. The number of rotatable bonds is 5. The number of benzene rings is 1. The molecule has 4 unspecified atom stereocenters. The molecule has 3 aliphatic rings. The summed E-state index contributed by atoms with van der Waals surface area (Å²) in [5.74, 6) is -0.649. The van der Waals surface area contributed by atoms with Crippen molar-refractivity contribution in [3.05, 3.63) is 34.9 Å². The van der Waals surface area contributed by atoms with Gasteiger partial charge in [-0.25, -0.2) is 0 Å². The van der Waals surface area contributed by atoms with Gasteiger partial charge in [-0.3, -0.25) is 4.79 Å². The number of hydrogen-bond acceptors (Lipinski definition) is 3. The molecule has 4 rings (SSSR count). The number of carbonyl (C=O) groups excluding carboxylic acids is 1. The van der Waals surface area contributed by atoms with Gasteiger partial charge in [-0.05, 0) is 68.7 Å². The zero-order chi connectivity index (χ0) is 25.8. The second-order valence-electron chi connectivity index (χ2n) is 9.84. The van der Waals surface area contributed by atoms with Gasteiger partial charge in [0.25, 0.3) is 0 Å². The molecule has 1 aromatic carbocycles. The summed E-state index contributed by atoms with van der Waals surface area (Å²) in [5, 5.41) is 6.14. The van der Waals surface area contributed by atoms with E-state index in [0.717, 1.165) is 32.1 Å². The molecule has 0 radical (unpaired) electrons. The molecule has 198 valence electrons. The van der Waals surface area contributed by atoms with E-state index in [1.165, 1.54) is 6.42 Å². The molecular weight excluding hydrogens is 474 g/mol. The Labute approximate surface area is 202 Å². The van der Waals surface area contributed by atoms with E-state index >= 15 is 0 Å². The highest BCUT2D eigenvalue weighted by Crippen LogP contribution is 2.37. The lowest BCUT2D eigenvalue weighted by atomic mass is 10.0. The van der Waals surface area contributed by atoms with E-state index in [2.05, 4.69) is 24.5 Å². The van der Waals surface area contributed by atoms with Gasteiger partial charge in [-0.1, -0.05) is 20.3 Å². The molecule has 0 spiro atoms. The maximum Gasteiger partial charge on any atom is 0.416 e. The van der Waals surface area contributed by atoms with Gasteiger partial charge in [-0.15, -0.1) is 0 Å². The Morgan fingerprint density at radius 3 is 1.91 bits per heavy atom. The van der Waals surface area contributed by atoms with Crippen molar-refractivity contribution in [3.63, 3.8) is 0 Å². The van der Waals surface area contributed by atoms with Crippen LogP contribution in [0.1, 0.15) is 81.9 Å². The standard InChI is InChI=1S/C22H26F6N2O2.C3H8/c23-21(24,25)14-5-12(6-15(8-14)22(26,27)28)11-29-20(31)13-1-2-16(7-13)30-17-9-18-3-4-19(10-17)32-18;1-3-2/h5-6,8,13,16-19,30H,1-4,7,9-11H2,(H,29,31);3H2,1-2H3. The lowest BCUT2D eigenvalue weighted by Gasteiger charge is -2.31. The molecule has 1 aromatic rings. The van der Waals surface area contributed by atoms with Gasteiger partial charge in [0, 0.05) is 24.5 Å². The molecule has 0 aromatic heterocycles. The third kappa shape index (κ3) is 7.84. The number of ether oxygens (including phenoxy) is 1. The van der Waals surface area contributed by atoms with E-state index in [4.69, 9.17) is 4.74 Å². The van der Waals surface area contributed by atoms with E-state index in [-0.39, 0.29) is 36.0 Å². The van der Waals surface area contributed by atoms with Crippen LogP contribution in [0.4, 0.5) is 26.3 Å². The van der Waals surface area contributed by atoms with E-state index in [1.54, 1.807) is 0 Å². The highest BCUT2D eigenvalue weighted by molar-refractivity contribution is 5.79. The third-order valence-corrected chi connectivity index (χ3v) is 6.68. The Morgan fingerprint density at radius 1 is 0.857 bits per heavy atom. The van der Waals surface area contributed by atoms with Crippen LogP contribution >= 0.6 is 0 Å². The number of halogens is 6. The van der Waals surface area contributed by atoms with Crippen LogP contribution in [0.25, 0.3) is 0 Å². The van der Waals surface area contributed by atoms with E-state index < -0.39 is 23.5 Å². The molecule has 3 fully saturated rings. The number of nitrogens with one attached hydrogen (secondary N) is 2. The van der Waals surface area contributed by atoms with Crippen molar-refractivity contribution in [1.29, 1.82) is 0 Å². The van der Waals surface area contributed by atoms with Gasteiger partial charge >= 0.3 is 12.4 Å². The molecule has 1 amide bonds. The summed E-state index contributed by atoms with van der Waals surface area (Å²) in [6.07, 6.45) is -1.81. The second-order valence-corrected chi connectivity index (χ2v) is 9.84. The fourth-order valence-corrected chi connectivity index (χ4v) is 5.15. The van der Waals surface area contributed by atoms with Crippen LogP contribution in [-0.4, -0.2) is 30.2 Å². The summed E-state index contributed by atoms with van der Waals surface area (Å²) in [6, 6.07) is 1.92. The van der Waals surface area contributed by atoms with Gasteiger partial charge in [0.15, 0.2) is 0 Å². The van der Waals surface area contributed by atoms with Gasteiger partial charge in [0.05, 0.1) is 23.3 Å². The van der Waals surface area contributed by atoms with Crippen molar-refractivity contribution in [1.82, 2.24) is 10.6 Å². The number of hydrogen-bond donors (Lipinski definition) is 2. The smallest absolute Gasteiger partial charge is 0.375 e. The summed E-state index contributed by atoms with van der Waals surface area (Å²) in [4.78, 5) is 12.5. The highest BCUT2D eigenvalue weighted by atomic mass is 19.4. The van der Waals surface area contributed by atoms with Crippen LogP contribution < -0.4 is 10.6 Å². The van der Waals surface area contributed by atoms with Crippen LogP contribution in [0.2, 0.25) is 0 Å². The molecule has 2 saturated heterocycles. The SMILES string of the molecule is CCC.O=C(NCc1cc(C(F)(F)F)cc(C(F)(F)F)c1)C1CCC(NC2CC3CCC(C2)O3)C1. The largest absolute Gasteiger partial charge is 0.416 e. The Morgan fingerprint density at radius 2 is 1.40 bits per heavy atom. The summed E-state index contributed by atoms with van der Waals surface area (Å²) >= 11 is 0. The topological polar surface area (TPSA) is 50.4 Å². The molecule has 4 atom stereocenters. The second kappa shape index (κ2) is 11.5. The summed E-state index contributed by atoms with van der Waals surface area (Å²) in [7, 11) is 0. The van der Waals surface area contributed by atoms with Gasteiger partial charge in [0.1, 0.15) is 0 Å². The van der Waals surface area contributed by atoms with Crippen LogP contribution in [-0.2, 0) is 28.4 Å². The third-order valence-electron chi connectivity index (χ3n) is 6.68. The fourth-order valence-electron chi connectivity index (χ4n) is 5.15. The van der Waals surface area contributed by atoms with E-state index in [1.807, 2.05) is 0 Å². The van der Waals surface area contributed by atoms with Crippen molar-refractivity contribution in [2.75, 3.05) is 0 Å². The minimum absolute atomic E-state index is 0.0844. The molecule has 2 heterocycles. The summed E-state index contributed by atoms with van der Waals surface area (Å²) < 4.78 is 83.8. The van der Waals surface area contributed by atoms with Gasteiger partial charge in [0.2, 0.25) is 5.91 Å². The summed E-state index contributed by atoms with van der Waals surface area (Å²) in [6.45, 7) is 3.86. The first-order valence-electron chi connectivity index (χ1n) is 12.4. The van der Waals surface area contributed by atoms with E-state index in [0.29, 0.717) is 43.2 Å². The van der Waals surface area contributed by atoms with Crippen LogP contribution in [0, 0.1) is 5.92 Å². The minimum Gasteiger partial charge on any atom is -0.375 e. The molecular formula is C25H34F6N2O2. The van der Waals surface area contributed by atoms with Gasteiger partial charge < -0.3 is 15.4 Å². The maximum absolute atomic E-state index is 13.0. The van der Waals surface area contributed by atoms with Crippen LogP contribution in [0.5, 0.6) is 0 Å². The molecule has 2 aliphatic heterocycles. The molecule has 2 N–H and O–H groups in total. The average Bonchev–Trinajstić information content (AvgIpc) is 3.37. The number of carbonyl (C=O) groups is 1. The quantitative estimate of drug-likeness (QED) is 0.464. The Kier molecular flexibility index (Phi) is 9.12. The first kappa shape index (κ1) is 27.8. The average molecular weight is 509 g/mol. The first-order chi connectivity index (χ1) is 16.4. The molecule has 1 saturated carbocycles. The van der Waals surface area contributed by atoms with Crippen molar-refractivity contribution in [3.8, 4) is 0 Å². The molecule has 10 heteroatoms. The van der Waals surface area contributed by atoms with Crippen molar-refractivity contribution in [2.24, 2.45) is 5.92 Å². The predicted molar refractivity (Wildman–Crippen MR) is 119 cm³/mol. The zero-order valence-electron chi connectivity index (χ0n) is 20.1. The Balaban J connectivity index is 0.00000108. The molecule has 1 aliphatic carbocycles. The Hall–Kier alpha value is -1.81. The lowest BCUT2D eigenvalue weighted by molar-refractivity contribution is -0.143. The highest BCUT2D eigenvalue weighted by Gasteiger charge is 2.39. The summed E-state index contributed by atoms with van der Waals surface area (Å²) in [5.41, 5.74) is -3.00. The number of fused-ring (bicyclic) bond motifs is 2. The molecule has 35 heavy (non-hydrogen) atoms. The van der Waals surface area contributed by atoms with E-state index in [9.17, 15) is 31.1 Å². The van der Waals surface area contributed by atoms with Crippen molar-refractivity contribution < 1.29 is 35.9 Å². The monoisotopic (exact) mass is 508 g/mol. The maximum atomic E-state index is 13.0. The van der Waals surface area contributed by atoms with Crippen molar-refractivity contribution in [2.45, 2.75) is 108 Å². The van der Waals surface area contributed by atoms with Crippen LogP contribution in [0.15, 0.2) is 18.2 Å². The lowest BCUT2D eigenvalue weighted by Crippen LogP contribution is -2.43. The minimum atomic E-state index is -4.91. The molecule has 4 nitrogen and oxygen atoms in total. The van der Waals surface area contributed by atoms with Gasteiger partial charge in [-0.2, -0.15) is 26.3 Å². The predicted octanol–water partition coefficient (Wildman–Crippen LogP) is 6.23. The zero-order valence-corrected chi connectivity index (χ0v) is 20.1. The van der Waals surface area contributed by atoms with Crippen molar-refractivity contribution >= 4 is 5.91 Å².